The quantitative estimate of drug-likeness (QED) is 0.728. The van der Waals surface area contributed by atoms with Gasteiger partial charge < -0.3 is 4.57 Å². The number of hydrogen-bond donors (Lipinski definition) is 0. The van der Waals surface area contributed by atoms with Gasteiger partial charge in [0.25, 0.3) is 0 Å². The molecule has 0 bridgehead atoms. The lowest BCUT2D eigenvalue weighted by atomic mass is 10.4. The highest BCUT2D eigenvalue weighted by Gasteiger charge is 2.13. The molecular formula is C12H12N4O2S. The molecule has 7 heteroatoms. The number of hydrogen-bond acceptors (Lipinski definition) is 5. The van der Waals surface area contributed by atoms with Gasteiger partial charge in [-0.15, -0.1) is 11.3 Å². The van der Waals surface area contributed by atoms with Gasteiger partial charge in [0.1, 0.15) is 5.82 Å². The highest BCUT2D eigenvalue weighted by atomic mass is 32.1. The lowest BCUT2D eigenvalue weighted by molar-refractivity contribution is 0.373. The Morgan fingerprint density at radius 3 is 3.00 bits per heavy atom. The summed E-state index contributed by atoms with van der Waals surface area (Å²) in [5.74, 6) is 1.07. The second-order valence-corrected chi connectivity index (χ2v) is 5.02. The fourth-order valence-corrected chi connectivity index (χ4v) is 2.61. The molecule has 0 unspecified atom stereocenters. The van der Waals surface area contributed by atoms with Crippen LogP contribution in [0.1, 0.15) is 5.82 Å². The smallest absolute Gasteiger partial charge is 0.333 e. The van der Waals surface area contributed by atoms with Crippen molar-refractivity contribution in [3.05, 3.63) is 46.3 Å². The summed E-state index contributed by atoms with van der Waals surface area (Å²) >= 11 is 1.53. The first-order valence-electron chi connectivity index (χ1n) is 5.84. The number of imidazole rings is 1. The van der Waals surface area contributed by atoms with Crippen LogP contribution in [0.5, 0.6) is 0 Å². The minimum absolute atomic E-state index is 0.429. The molecule has 0 N–H and O–H groups in total. The third kappa shape index (κ3) is 2.24. The fraction of sp³-hybridized carbons (Fsp3) is 0.250. The molecule has 0 aromatic carbocycles. The van der Waals surface area contributed by atoms with Crippen molar-refractivity contribution in [2.45, 2.75) is 20.0 Å². The van der Waals surface area contributed by atoms with Crippen LogP contribution < -0.4 is 5.76 Å². The lowest BCUT2D eigenvalue weighted by Gasteiger charge is -2.05. The Morgan fingerprint density at radius 2 is 2.32 bits per heavy atom. The average molecular weight is 276 g/mol. The van der Waals surface area contributed by atoms with E-state index in [0.29, 0.717) is 18.9 Å². The predicted molar refractivity (Wildman–Crippen MR) is 71.0 cm³/mol. The first-order valence-corrected chi connectivity index (χ1v) is 6.72. The summed E-state index contributed by atoms with van der Waals surface area (Å²) in [6.07, 6.45) is 3.63. The van der Waals surface area contributed by atoms with Crippen molar-refractivity contribution in [2.24, 2.45) is 0 Å². The van der Waals surface area contributed by atoms with Crippen LogP contribution in [-0.4, -0.2) is 19.3 Å². The van der Waals surface area contributed by atoms with Gasteiger partial charge in [-0.1, -0.05) is 11.2 Å². The maximum Gasteiger partial charge on any atom is 0.441 e. The summed E-state index contributed by atoms with van der Waals surface area (Å²) < 4.78 is 8.29. The fourth-order valence-electron chi connectivity index (χ4n) is 1.90. The molecule has 0 aliphatic heterocycles. The van der Waals surface area contributed by atoms with E-state index in [4.69, 9.17) is 4.52 Å². The van der Waals surface area contributed by atoms with Crippen LogP contribution in [0.4, 0.5) is 0 Å². The van der Waals surface area contributed by atoms with E-state index in [9.17, 15) is 4.79 Å². The minimum atomic E-state index is -0.429. The van der Waals surface area contributed by atoms with Crippen LogP contribution in [-0.2, 0) is 13.1 Å². The van der Waals surface area contributed by atoms with E-state index in [0.717, 1.165) is 10.7 Å². The van der Waals surface area contributed by atoms with Crippen molar-refractivity contribution in [1.82, 2.24) is 19.3 Å². The molecule has 0 saturated carbocycles. The summed E-state index contributed by atoms with van der Waals surface area (Å²) in [6.45, 7) is 3.09. The van der Waals surface area contributed by atoms with Crippen LogP contribution in [0, 0.1) is 6.92 Å². The lowest BCUT2D eigenvalue weighted by Crippen LogP contribution is -2.19. The monoisotopic (exact) mass is 276 g/mol. The highest BCUT2D eigenvalue weighted by molar-refractivity contribution is 7.13. The maximum atomic E-state index is 11.7. The van der Waals surface area contributed by atoms with Gasteiger partial charge >= 0.3 is 5.76 Å². The Balaban J connectivity index is 1.87. The van der Waals surface area contributed by atoms with Crippen molar-refractivity contribution in [2.75, 3.05) is 0 Å². The molecular weight excluding hydrogens is 264 g/mol. The van der Waals surface area contributed by atoms with Gasteiger partial charge in [-0.25, -0.2) is 9.78 Å². The van der Waals surface area contributed by atoms with Crippen LogP contribution in [0.2, 0.25) is 0 Å². The van der Waals surface area contributed by atoms with Crippen molar-refractivity contribution < 1.29 is 4.52 Å². The molecule has 0 spiro atoms. The predicted octanol–water partition coefficient (Wildman–Crippen LogP) is 1.77. The van der Waals surface area contributed by atoms with Gasteiger partial charge in [-0.05, 0) is 18.4 Å². The van der Waals surface area contributed by atoms with E-state index in [2.05, 4.69) is 10.1 Å². The van der Waals surface area contributed by atoms with E-state index >= 15 is 0 Å². The van der Waals surface area contributed by atoms with Gasteiger partial charge in [0.2, 0.25) is 0 Å². The molecule has 0 saturated heterocycles. The average Bonchev–Trinajstić information content (AvgIpc) is 3.09. The van der Waals surface area contributed by atoms with Gasteiger partial charge in [-0.3, -0.25) is 9.09 Å². The van der Waals surface area contributed by atoms with Gasteiger partial charge in [0, 0.05) is 25.5 Å². The summed E-state index contributed by atoms with van der Waals surface area (Å²) in [7, 11) is 0. The number of aromatic nitrogens is 4. The van der Waals surface area contributed by atoms with E-state index < -0.39 is 5.76 Å². The standard InChI is InChI=1S/C12H12N4O2S/c1-9-13-4-5-15(9)6-7-16-11(14-18-12(16)17)10-3-2-8-19-10/h2-5,8H,6-7H2,1H3. The Morgan fingerprint density at radius 1 is 1.42 bits per heavy atom. The van der Waals surface area contributed by atoms with E-state index in [1.54, 1.807) is 10.8 Å². The molecule has 0 atom stereocenters. The SMILES string of the molecule is Cc1nccn1CCn1c(-c2cccs2)noc1=O. The zero-order valence-corrected chi connectivity index (χ0v) is 11.1. The van der Waals surface area contributed by atoms with E-state index in [1.807, 2.05) is 35.2 Å². The van der Waals surface area contributed by atoms with Crippen LogP contribution in [0.25, 0.3) is 10.7 Å². The summed E-state index contributed by atoms with van der Waals surface area (Å²) in [6, 6.07) is 3.84. The van der Waals surface area contributed by atoms with Crippen LogP contribution in [0.15, 0.2) is 39.2 Å². The Hall–Kier alpha value is -2.15. The first kappa shape index (κ1) is 11.9. The molecule has 19 heavy (non-hydrogen) atoms. The summed E-state index contributed by atoms with van der Waals surface area (Å²) in [5.41, 5.74) is 0. The molecule has 3 aromatic rings. The largest absolute Gasteiger partial charge is 0.441 e. The van der Waals surface area contributed by atoms with Crippen molar-refractivity contribution in [3.63, 3.8) is 0 Å². The molecule has 0 aliphatic rings. The second kappa shape index (κ2) is 4.85. The Kier molecular flexibility index (Phi) is 3.04. The van der Waals surface area contributed by atoms with Crippen molar-refractivity contribution >= 4 is 11.3 Å². The van der Waals surface area contributed by atoms with E-state index in [-0.39, 0.29) is 0 Å². The topological polar surface area (TPSA) is 65.8 Å². The van der Waals surface area contributed by atoms with Crippen molar-refractivity contribution in [3.8, 4) is 10.7 Å². The normalized spacial score (nSPS) is 11.0. The van der Waals surface area contributed by atoms with Crippen molar-refractivity contribution in [1.29, 1.82) is 0 Å². The molecule has 3 heterocycles. The minimum Gasteiger partial charge on any atom is -0.333 e. The first-order chi connectivity index (χ1) is 9.25. The Labute approximate surface area is 112 Å². The van der Waals surface area contributed by atoms with E-state index in [1.165, 1.54) is 11.3 Å². The van der Waals surface area contributed by atoms with Crippen LogP contribution in [0.3, 0.4) is 0 Å². The molecule has 3 aromatic heterocycles. The molecule has 0 radical (unpaired) electrons. The number of rotatable bonds is 4. The zero-order chi connectivity index (χ0) is 13.2. The third-order valence-electron chi connectivity index (χ3n) is 2.92. The molecule has 3 rings (SSSR count). The van der Waals surface area contributed by atoms with Gasteiger partial charge in [-0.2, -0.15) is 0 Å². The van der Waals surface area contributed by atoms with Crippen LogP contribution >= 0.6 is 11.3 Å². The molecule has 0 aliphatic carbocycles. The number of nitrogens with zero attached hydrogens (tertiary/aromatic N) is 4. The van der Waals surface area contributed by atoms with Gasteiger partial charge in [0.05, 0.1) is 4.88 Å². The summed E-state index contributed by atoms with van der Waals surface area (Å²) in [5, 5.41) is 5.78. The van der Waals surface area contributed by atoms with Gasteiger partial charge in [0.15, 0.2) is 5.82 Å². The number of thiophene rings is 1. The Bertz CT molecular complexity index is 723. The summed E-state index contributed by atoms with van der Waals surface area (Å²) in [4.78, 5) is 16.8. The molecule has 0 amide bonds. The third-order valence-corrected chi connectivity index (χ3v) is 3.78. The highest BCUT2D eigenvalue weighted by Crippen LogP contribution is 2.21. The number of aryl methyl sites for hydroxylation is 2. The maximum absolute atomic E-state index is 11.7. The zero-order valence-electron chi connectivity index (χ0n) is 10.3. The molecule has 6 nitrogen and oxygen atoms in total. The second-order valence-electron chi connectivity index (χ2n) is 4.07. The molecule has 98 valence electrons. The molecule has 0 fully saturated rings.